The van der Waals surface area contributed by atoms with Crippen LogP contribution in [0, 0.1) is 19.8 Å². The number of carbonyl (C=O) groups is 1. The average Bonchev–Trinajstić information content (AvgIpc) is 3.30. The van der Waals surface area contributed by atoms with Crippen molar-refractivity contribution in [2.45, 2.75) is 114 Å². The van der Waals surface area contributed by atoms with Gasteiger partial charge in [0.2, 0.25) is 0 Å². The fourth-order valence-electron chi connectivity index (χ4n) is 3.43. The highest BCUT2D eigenvalue weighted by molar-refractivity contribution is 7.12. The van der Waals surface area contributed by atoms with Gasteiger partial charge in [-0.1, -0.05) is 102 Å². The minimum absolute atomic E-state index is 0.176. The molecule has 0 radical (unpaired) electrons. The fourth-order valence-corrected chi connectivity index (χ4v) is 4.43. The number of carboxylic acid groups (broad SMARTS) is 1. The quantitative estimate of drug-likeness (QED) is 0.298. The topological polar surface area (TPSA) is 37.3 Å². The number of benzene rings is 2. The molecule has 0 aliphatic carbocycles. The highest BCUT2D eigenvalue weighted by atomic mass is 32.1. The first-order chi connectivity index (χ1) is 18.4. The van der Waals surface area contributed by atoms with Gasteiger partial charge < -0.3 is 5.11 Å². The fraction of sp³-hybridized carbons (Fsp3) is 0.514. The lowest BCUT2D eigenvalue weighted by Gasteiger charge is -2.09. The van der Waals surface area contributed by atoms with Crippen molar-refractivity contribution in [1.29, 1.82) is 0 Å². The molecule has 0 saturated carbocycles. The molecule has 39 heavy (non-hydrogen) atoms. The molecule has 0 saturated heterocycles. The summed E-state index contributed by atoms with van der Waals surface area (Å²) in [6.07, 6.45) is 4.57. The number of carboxylic acids is 1. The molecule has 0 fully saturated rings. The van der Waals surface area contributed by atoms with Gasteiger partial charge in [0.1, 0.15) is 5.67 Å². The Balaban J connectivity index is 0. The smallest absolute Gasteiger partial charge is 0.306 e. The van der Waals surface area contributed by atoms with Gasteiger partial charge >= 0.3 is 5.97 Å². The Morgan fingerprint density at radius 3 is 1.85 bits per heavy atom. The van der Waals surface area contributed by atoms with Gasteiger partial charge in [-0.05, 0) is 89.5 Å². The van der Waals surface area contributed by atoms with Crippen molar-refractivity contribution >= 4 is 17.3 Å². The number of thiophene rings is 1. The predicted octanol–water partition coefficient (Wildman–Crippen LogP) is 11.5. The maximum Gasteiger partial charge on any atom is 0.306 e. The van der Waals surface area contributed by atoms with E-state index in [-0.39, 0.29) is 5.92 Å². The molecule has 4 heteroatoms. The van der Waals surface area contributed by atoms with Gasteiger partial charge in [-0.2, -0.15) is 0 Å². The van der Waals surface area contributed by atoms with Gasteiger partial charge in [-0.3, -0.25) is 4.79 Å². The molecule has 3 rings (SSSR count). The van der Waals surface area contributed by atoms with Crippen LogP contribution in [0.4, 0.5) is 4.39 Å². The third-order valence-corrected chi connectivity index (χ3v) is 6.58. The first kappa shape index (κ1) is 38.7. The van der Waals surface area contributed by atoms with Gasteiger partial charge in [-0.25, -0.2) is 4.39 Å². The van der Waals surface area contributed by atoms with Crippen LogP contribution in [-0.2, 0) is 17.6 Å². The highest BCUT2D eigenvalue weighted by Gasteiger charge is 2.13. The van der Waals surface area contributed by atoms with Crippen LogP contribution in [0.1, 0.15) is 102 Å². The number of rotatable bonds is 8. The summed E-state index contributed by atoms with van der Waals surface area (Å²) in [6, 6.07) is 21.4. The summed E-state index contributed by atoms with van der Waals surface area (Å²) in [6.45, 7) is 21.0. The number of halogens is 1. The van der Waals surface area contributed by atoms with Crippen LogP contribution in [0.5, 0.6) is 0 Å². The summed E-state index contributed by atoms with van der Waals surface area (Å²) < 4.78 is 11.7. The minimum Gasteiger partial charge on any atom is -0.481 e. The van der Waals surface area contributed by atoms with Crippen LogP contribution in [0.15, 0.2) is 60.7 Å². The largest absolute Gasteiger partial charge is 0.481 e. The Morgan fingerprint density at radius 1 is 0.923 bits per heavy atom. The van der Waals surface area contributed by atoms with E-state index in [0.29, 0.717) is 0 Å². The average molecular weight is 559 g/mol. The van der Waals surface area contributed by atoms with E-state index in [4.69, 9.17) is 5.11 Å². The SMILES string of the molecule is CC.CC.CC(C)(C)F.CCC(CCCc1ccc(C)cc1)C(=O)O.CCc1cc(-c2ccccc2)c(C)s1. The zero-order chi connectivity index (χ0) is 30.4. The molecular weight excluding hydrogens is 503 g/mol. The molecule has 1 N–H and O–H groups in total. The third-order valence-electron chi connectivity index (χ3n) is 5.38. The van der Waals surface area contributed by atoms with E-state index in [0.717, 1.165) is 32.1 Å². The van der Waals surface area contributed by atoms with Crippen molar-refractivity contribution < 1.29 is 14.3 Å². The molecule has 220 valence electrons. The maximum atomic E-state index is 11.7. The van der Waals surface area contributed by atoms with E-state index < -0.39 is 11.6 Å². The zero-order valence-electron chi connectivity index (χ0n) is 26.5. The van der Waals surface area contributed by atoms with Crippen LogP contribution < -0.4 is 0 Å². The molecular formula is C35H55FO2S. The number of alkyl halides is 1. The van der Waals surface area contributed by atoms with Gasteiger partial charge in [-0.15, -0.1) is 11.3 Å². The number of aryl methyl sites for hydroxylation is 4. The molecule has 0 amide bonds. The minimum atomic E-state index is -1.00. The van der Waals surface area contributed by atoms with Crippen molar-refractivity contribution in [1.82, 2.24) is 0 Å². The molecule has 1 aromatic heterocycles. The molecule has 0 spiro atoms. The Morgan fingerprint density at radius 2 is 1.44 bits per heavy atom. The summed E-state index contributed by atoms with van der Waals surface area (Å²) >= 11 is 1.91. The van der Waals surface area contributed by atoms with Gasteiger partial charge in [0, 0.05) is 9.75 Å². The van der Waals surface area contributed by atoms with E-state index in [1.54, 1.807) is 0 Å². The lowest BCUT2D eigenvalue weighted by atomic mass is 9.97. The summed E-state index contributed by atoms with van der Waals surface area (Å²) in [5, 5.41) is 8.91. The summed E-state index contributed by atoms with van der Waals surface area (Å²) in [4.78, 5) is 13.7. The van der Waals surface area contributed by atoms with Crippen molar-refractivity contribution in [3.05, 3.63) is 81.5 Å². The second kappa shape index (κ2) is 22.4. The normalized spacial score (nSPS) is 10.7. The van der Waals surface area contributed by atoms with Crippen LogP contribution in [0.3, 0.4) is 0 Å². The van der Waals surface area contributed by atoms with Crippen LogP contribution in [0.25, 0.3) is 11.1 Å². The number of hydrogen-bond donors (Lipinski definition) is 1. The Hall–Kier alpha value is -2.46. The third kappa shape index (κ3) is 19.3. The molecule has 2 nitrogen and oxygen atoms in total. The second-order valence-electron chi connectivity index (χ2n) is 9.79. The van der Waals surface area contributed by atoms with E-state index in [2.05, 4.69) is 81.4 Å². The summed E-state index contributed by atoms with van der Waals surface area (Å²) in [5.74, 6) is -0.836. The van der Waals surface area contributed by atoms with Crippen LogP contribution in [0.2, 0.25) is 0 Å². The molecule has 3 aromatic rings. The second-order valence-corrected chi connectivity index (χ2v) is 11.1. The lowest BCUT2D eigenvalue weighted by Crippen LogP contribution is -2.12. The van der Waals surface area contributed by atoms with Gasteiger partial charge in [0.05, 0.1) is 5.92 Å². The first-order valence-electron chi connectivity index (χ1n) is 14.6. The molecule has 0 aliphatic heterocycles. The summed E-state index contributed by atoms with van der Waals surface area (Å²) in [5.41, 5.74) is 4.29. The first-order valence-corrected chi connectivity index (χ1v) is 15.4. The number of hydrogen-bond acceptors (Lipinski definition) is 2. The van der Waals surface area contributed by atoms with Crippen molar-refractivity contribution in [2.24, 2.45) is 5.92 Å². The standard InChI is InChI=1S/C14H20O2.C13H14S.C4H9F.2C2H6/c1-3-13(14(15)16)6-4-5-12-9-7-11(2)8-10-12;1-3-12-9-13(10(2)14-12)11-7-5-4-6-8-11;1-4(2,3)5;2*1-2/h7-10,13H,3-6H2,1-2H3,(H,15,16);4-9H,3H2,1-2H3;1-3H3;2*1-2H3. The lowest BCUT2D eigenvalue weighted by molar-refractivity contribution is -0.142. The monoisotopic (exact) mass is 558 g/mol. The molecule has 1 heterocycles. The van der Waals surface area contributed by atoms with E-state index in [1.807, 2.05) is 46.0 Å². The number of aliphatic carboxylic acids is 1. The molecule has 0 bridgehead atoms. The molecule has 1 atom stereocenters. The summed E-state index contributed by atoms with van der Waals surface area (Å²) in [7, 11) is 0. The Labute approximate surface area is 243 Å². The highest BCUT2D eigenvalue weighted by Crippen LogP contribution is 2.30. The van der Waals surface area contributed by atoms with E-state index >= 15 is 0 Å². The Bertz CT molecular complexity index is 980. The molecule has 2 aromatic carbocycles. The van der Waals surface area contributed by atoms with Gasteiger partial charge in [0.15, 0.2) is 0 Å². The van der Waals surface area contributed by atoms with E-state index in [9.17, 15) is 9.18 Å². The molecule has 0 aliphatic rings. The Kier molecular flexibility index (Phi) is 22.2. The zero-order valence-corrected chi connectivity index (χ0v) is 27.3. The van der Waals surface area contributed by atoms with Crippen LogP contribution in [-0.4, -0.2) is 16.7 Å². The van der Waals surface area contributed by atoms with Gasteiger partial charge in [0.25, 0.3) is 0 Å². The van der Waals surface area contributed by atoms with E-state index in [1.165, 1.54) is 52.8 Å². The van der Waals surface area contributed by atoms with Crippen molar-refractivity contribution in [3.63, 3.8) is 0 Å². The molecule has 1 unspecified atom stereocenters. The van der Waals surface area contributed by atoms with Crippen molar-refractivity contribution in [2.75, 3.05) is 0 Å². The predicted molar refractivity (Wildman–Crippen MR) is 173 cm³/mol. The maximum absolute atomic E-state index is 11.7. The van der Waals surface area contributed by atoms with Crippen molar-refractivity contribution in [3.8, 4) is 11.1 Å². The van der Waals surface area contributed by atoms with Crippen LogP contribution >= 0.6 is 11.3 Å².